The predicted molar refractivity (Wildman–Crippen MR) is 76.2 cm³/mol. The average molecular weight is 280 g/mol. The molecule has 0 bridgehead atoms. The molecule has 1 aliphatic carbocycles. The summed E-state index contributed by atoms with van der Waals surface area (Å²) in [7, 11) is 0. The Balaban J connectivity index is 2.26. The number of nitrogens with one attached hydrogen (secondary N) is 1. The highest BCUT2D eigenvalue weighted by Gasteiger charge is 2.27. The second-order valence-corrected chi connectivity index (χ2v) is 4.95. The molecule has 20 heavy (non-hydrogen) atoms. The molecule has 6 nitrogen and oxygen atoms in total. The minimum Gasteiger partial charge on any atom is -0.487 e. The van der Waals surface area contributed by atoms with Crippen molar-refractivity contribution < 1.29 is 14.8 Å². The van der Waals surface area contributed by atoms with E-state index in [-0.39, 0.29) is 17.5 Å². The maximum absolute atomic E-state index is 11.3. The van der Waals surface area contributed by atoms with Crippen molar-refractivity contribution in [3.63, 3.8) is 0 Å². The van der Waals surface area contributed by atoms with Gasteiger partial charge in [-0.1, -0.05) is 18.9 Å². The quantitative estimate of drug-likeness (QED) is 0.640. The van der Waals surface area contributed by atoms with Gasteiger partial charge in [0.2, 0.25) is 0 Å². The minimum absolute atomic E-state index is 0.0628. The number of nitro groups is 1. The number of aliphatic hydroxyl groups excluding tert-OH is 1. The zero-order chi connectivity index (χ0) is 14.5. The molecule has 1 fully saturated rings. The Kier molecular flexibility index (Phi) is 4.79. The van der Waals surface area contributed by atoms with Crippen LogP contribution in [0.25, 0.3) is 0 Å². The van der Waals surface area contributed by atoms with E-state index in [1.165, 1.54) is 0 Å². The van der Waals surface area contributed by atoms with Gasteiger partial charge in [0.15, 0.2) is 5.75 Å². The molecule has 0 amide bonds. The molecule has 0 spiro atoms. The molecule has 1 aromatic carbocycles. The number of para-hydroxylation sites is 1. The fourth-order valence-corrected chi connectivity index (χ4v) is 2.58. The fraction of sp³-hybridized carbons (Fsp3) is 0.571. The van der Waals surface area contributed by atoms with Gasteiger partial charge in [-0.05, 0) is 31.9 Å². The van der Waals surface area contributed by atoms with Crippen molar-refractivity contribution in [2.45, 2.75) is 44.8 Å². The van der Waals surface area contributed by atoms with Gasteiger partial charge in [0.25, 0.3) is 0 Å². The van der Waals surface area contributed by atoms with E-state index in [1.54, 1.807) is 25.1 Å². The molecule has 0 aromatic heterocycles. The lowest BCUT2D eigenvalue weighted by molar-refractivity contribution is -0.385. The number of aliphatic hydroxyl groups is 1. The molecule has 0 aliphatic heterocycles. The summed E-state index contributed by atoms with van der Waals surface area (Å²) in [6, 6.07) is 4.82. The SMILES string of the molecule is CCOc1cccc(NC2CCCCC2O)c1[N+](=O)[O-]. The Labute approximate surface area is 117 Å². The summed E-state index contributed by atoms with van der Waals surface area (Å²) in [4.78, 5) is 10.8. The molecule has 2 unspecified atom stereocenters. The van der Waals surface area contributed by atoms with Gasteiger partial charge in [0, 0.05) is 0 Å². The Morgan fingerprint density at radius 2 is 2.20 bits per heavy atom. The van der Waals surface area contributed by atoms with Crippen LogP contribution in [0.4, 0.5) is 11.4 Å². The van der Waals surface area contributed by atoms with Crippen LogP contribution in [0.2, 0.25) is 0 Å². The second kappa shape index (κ2) is 6.56. The molecule has 1 aliphatic rings. The summed E-state index contributed by atoms with van der Waals surface area (Å²) < 4.78 is 5.31. The standard InChI is InChI=1S/C14H20N2O4/c1-2-20-13-9-5-7-11(14(13)16(18)19)15-10-6-3-4-8-12(10)17/h5,7,9-10,12,15,17H,2-4,6,8H2,1H3. The summed E-state index contributed by atoms with van der Waals surface area (Å²) in [6.07, 6.45) is 3.11. The fourth-order valence-electron chi connectivity index (χ4n) is 2.58. The molecule has 2 atom stereocenters. The summed E-state index contributed by atoms with van der Waals surface area (Å²) in [5.41, 5.74) is 0.346. The molecule has 110 valence electrons. The first-order valence-electron chi connectivity index (χ1n) is 6.98. The van der Waals surface area contributed by atoms with Gasteiger partial charge in [-0.2, -0.15) is 0 Å². The predicted octanol–water partition coefficient (Wildman–Crippen LogP) is 2.71. The first-order chi connectivity index (χ1) is 9.63. The highest BCUT2D eigenvalue weighted by atomic mass is 16.6. The van der Waals surface area contributed by atoms with E-state index in [0.29, 0.717) is 12.3 Å². The van der Waals surface area contributed by atoms with Crippen molar-refractivity contribution in [3.8, 4) is 5.75 Å². The smallest absolute Gasteiger partial charge is 0.333 e. The van der Waals surface area contributed by atoms with Crippen molar-refractivity contribution in [2.75, 3.05) is 11.9 Å². The van der Waals surface area contributed by atoms with Gasteiger partial charge in [-0.25, -0.2) is 0 Å². The third-order valence-electron chi connectivity index (χ3n) is 3.55. The van der Waals surface area contributed by atoms with Gasteiger partial charge in [-0.3, -0.25) is 10.1 Å². The summed E-state index contributed by atoms with van der Waals surface area (Å²) >= 11 is 0. The van der Waals surface area contributed by atoms with Crippen LogP contribution >= 0.6 is 0 Å². The lowest BCUT2D eigenvalue weighted by Crippen LogP contribution is -2.36. The van der Waals surface area contributed by atoms with Gasteiger partial charge < -0.3 is 15.2 Å². The van der Waals surface area contributed by atoms with Crippen molar-refractivity contribution >= 4 is 11.4 Å². The molecule has 2 N–H and O–H groups in total. The topological polar surface area (TPSA) is 84.6 Å². The van der Waals surface area contributed by atoms with Gasteiger partial charge in [0.1, 0.15) is 5.69 Å². The van der Waals surface area contributed by atoms with Crippen LogP contribution in [0.15, 0.2) is 18.2 Å². The molecule has 0 heterocycles. The summed E-state index contributed by atoms with van der Waals surface area (Å²) in [6.45, 7) is 2.16. The van der Waals surface area contributed by atoms with E-state index in [0.717, 1.165) is 25.7 Å². The molecule has 6 heteroatoms. The number of hydrogen-bond donors (Lipinski definition) is 2. The number of benzene rings is 1. The van der Waals surface area contributed by atoms with Gasteiger partial charge in [-0.15, -0.1) is 0 Å². The number of ether oxygens (including phenoxy) is 1. The van der Waals surface area contributed by atoms with Crippen molar-refractivity contribution in [1.29, 1.82) is 0 Å². The van der Waals surface area contributed by atoms with Gasteiger partial charge in [0.05, 0.1) is 23.7 Å². The lowest BCUT2D eigenvalue weighted by atomic mass is 9.92. The maximum Gasteiger partial charge on any atom is 0.333 e. The molecule has 1 aromatic rings. The van der Waals surface area contributed by atoms with Crippen molar-refractivity contribution in [2.24, 2.45) is 0 Å². The summed E-state index contributed by atoms with van der Waals surface area (Å²) in [5.74, 6) is 0.257. The van der Waals surface area contributed by atoms with E-state index in [1.807, 2.05) is 0 Å². The molecule has 1 saturated carbocycles. The highest BCUT2D eigenvalue weighted by Crippen LogP contribution is 2.36. The van der Waals surface area contributed by atoms with E-state index in [2.05, 4.69) is 5.32 Å². The normalized spacial score (nSPS) is 22.3. The van der Waals surface area contributed by atoms with E-state index in [4.69, 9.17) is 4.74 Å². The minimum atomic E-state index is -0.459. The van der Waals surface area contributed by atoms with Crippen LogP contribution < -0.4 is 10.1 Å². The third kappa shape index (κ3) is 3.19. The van der Waals surface area contributed by atoms with Crippen molar-refractivity contribution in [3.05, 3.63) is 28.3 Å². The largest absolute Gasteiger partial charge is 0.487 e. The van der Waals surface area contributed by atoms with Gasteiger partial charge >= 0.3 is 5.69 Å². The van der Waals surface area contributed by atoms with E-state index < -0.39 is 11.0 Å². The lowest BCUT2D eigenvalue weighted by Gasteiger charge is -2.29. The molecule has 0 radical (unpaired) electrons. The Morgan fingerprint density at radius 3 is 2.85 bits per heavy atom. The third-order valence-corrected chi connectivity index (χ3v) is 3.55. The van der Waals surface area contributed by atoms with Crippen LogP contribution in [-0.4, -0.2) is 28.8 Å². The second-order valence-electron chi connectivity index (χ2n) is 4.95. The van der Waals surface area contributed by atoms with E-state index in [9.17, 15) is 15.2 Å². The zero-order valence-electron chi connectivity index (χ0n) is 11.5. The number of rotatable bonds is 5. The molecular weight excluding hydrogens is 260 g/mol. The van der Waals surface area contributed by atoms with Crippen molar-refractivity contribution in [1.82, 2.24) is 0 Å². The monoisotopic (exact) mass is 280 g/mol. The maximum atomic E-state index is 11.3. The Morgan fingerprint density at radius 1 is 1.45 bits per heavy atom. The van der Waals surface area contributed by atoms with Crippen LogP contribution in [0.5, 0.6) is 5.75 Å². The van der Waals surface area contributed by atoms with Crippen LogP contribution in [0, 0.1) is 10.1 Å². The number of anilines is 1. The van der Waals surface area contributed by atoms with Crippen LogP contribution in [0.1, 0.15) is 32.6 Å². The number of nitro benzene ring substituents is 1. The molecular formula is C14H20N2O4. The zero-order valence-corrected chi connectivity index (χ0v) is 11.5. The summed E-state index contributed by atoms with van der Waals surface area (Å²) in [5, 5.41) is 24.3. The number of nitrogens with zero attached hydrogens (tertiary/aromatic N) is 1. The van der Waals surface area contributed by atoms with Crippen LogP contribution in [-0.2, 0) is 0 Å². The van der Waals surface area contributed by atoms with E-state index >= 15 is 0 Å². The van der Waals surface area contributed by atoms with Crippen LogP contribution in [0.3, 0.4) is 0 Å². The Bertz CT molecular complexity index is 478. The average Bonchev–Trinajstić information content (AvgIpc) is 2.41. The number of hydrogen-bond acceptors (Lipinski definition) is 5. The first kappa shape index (κ1) is 14.6. The molecule has 2 rings (SSSR count). The molecule has 0 saturated heterocycles. The Hall–Kier alpha value is -1.82. The highest BCUT2D eigenvalue weighted by molar-refractivity contribution is 5.68. The first-order valence-corrected chi connectivity index (χ1v) is 6.98.